The molecule has 0 heterocycles. The largest absolute Gasteiger partial charge is 0.392 e. The van der Waals surface area contributed by atoms with Gasteiger partial charge in [0.25, 0.3) is 0 Å². The molecular weight excluding hydrogens is 197 g/mol. The highest BCUT2D eigenvalue weighted by Gasteiger charge is 2.07. The molecule has 0 aliphatic heterocycles. The van der Waals surface area contributed by atoms with Gasteiger partial charge in [0.15, 0.2) is 0 Å². The molecule has 12 heavy (non-hydrogen) atoms. The summed E-state index contributed by atoms with van der Waals surface area (Å²) in [5.74, 6) is 0.260. The highest BCUT2D eigenvalue weighted by molar-refractivity contribution is 6.36. The second kappa shape index (κ2) is 6.72. The van der Waals surface area contributed by atoms with Gasteiger partial charge >= 0.3 is 0 Å². The van der Waals surface area contributed by atoms with Crippen LogP contribution >= 0.6 is 23.2 Å². The maximum absolute atomic E-state index is 9.35. The molecule has 2 nitrogen and oxygen atoms in total. The van der Waals surface area contributed by atoms with Crippen molar-refractivity contribution in [2.75, 3.05) is 13.1 Å². The van der Waals surface area contributed by atoms with E-state index in [1.807, 2.05) is 13.8 Å². The molecule has 4 heteroatoms. The Labute approximate surface area is 83.6 Å². The Bertz CT molecular complexity index is 148. The van der Waals surface area contributed by atoms with Crippen LogP contribution in [0.25, 0.3) is 0 Å². The van der Waals surface area contributed by atoms with Crippen molar-refractivity contribution in [2.24, 2.45) is 5.92 Å². The molecule has 2 N–H and O–H groups in total. The second-order valence-corrected chi connectivity index (χ2v) is 3.70. The SMILES string of the molecule is CC(C)C(O)CNCC(Cl)=CCl. The molecule has 1 unspecified atom stereocenters. The van der Waals surface area contributed by atoms with Gasteiger partial charge in [-0.1, -0.05) is 37.0 Å². The number of nitrogens with one attached hydrogen (secondary N) is 1. The van der Waals surface area contributed by atoms with Crippen molar-refractivity contribution in [1.29, 1.82) is 0 Å². The molecule has 0 aromatic heterocycles. The van der Waals surface area contributed by atoms with E-state index in [1.165, 1.54) is 5.54 Å². The van der Waals surface area contributed by atoms with E-state index in [-0.39, 0.29) is 12.0 Å². The summed E-state index contributed by atoms with van der Waals surface area (Å²) < 4.78 is 0. The molecule has 0 saturated carbocycles. The van der Waals surface area contributed by atoms with Crippen LogP contribution < -0.4 is 5.32 Å². The second-order valence-electron chi connectivity index (χ2n) is 3.00. The van der Waals surface area contributed by atoms with Crippen molar-refractivity contribution in [1.82, 2.24) is 5.32 Å². The van der Waals surface area contributed by atoms with Crippen LogP contribution in [0.15, 0.2) is 10.6 Å². The summed E-state index contributed by atoms with van der Waals surface area (Å²) in [5.41, 5.74) is 1.32. The third-order valence-corrected chi connectivity index (χ3v) is 2.15. The molecular formula is C8H15Cl2NO. The summed E-state index contributed by atoms with van der Waals surface area (Å²) in [4.78, 5) is 0. The van der Waals surface area contributed by atoms with E-state index >= 15 is 0 Å². The Kier molecular flexibility index (Phi) is 6.86. The molecule has 0 aliphatic carbocycles. The Hall–Kier alpha value is 0.240. The van der Waals surface area contributed by atoms with E-state index in [0.29, 0.717) is 18.1 Å². The first-order valence-corrected chi connectivity index (χ1v) is 4.73. The summed E-state index contributed by atoms with van der Waals surface area (Å²) in [6.07, 6.45) is -0.329. The number of hydrogen-bond donors (Lipinski definition) is 2. The van der Waals surface area contributed by atoms with Gasteiger partial charge in [0.05, 0.1) is 6.10 Å². The Morgan fingerprint density at radius 1 is 1.58 bits per heavy atom. The summed E-state index contributed by atoms with van der Waals surface area (Å²) in [6, 6.07) is 0. The van der Waals surface area contributed by atoms with E-state index in [1.54, 1.807) is 0 Å². The zero-order valence-corrected chi connectivity index (χ0v) is 8.86. The third-order valence-electron chi connectivity index (χ3n) is 1.54. The fourth-order valence-electron chi connectivity index (χ4n) is 0.614. The zero-order valence-electron chi connectivity index (χ0n) is 7.35. The maximum Gasteiger partial charge on any atom is 0.0687 e. The molecule has 0 fully saturated rings. The van der Waals surface area contributed by atoms with Crippen LogP contribution in [-0.2, 0) is 0 Å². The van der Waals surface area contributed by atoms with Gasteiger partial charge in [0.1, 0.15) is 0 Å². The number of hydrogen-bond acceptors (Lipinski definition) is 2. The Morgan fingerprint density at radius 2 is 2.17 bits per heavy atom. The fourth-order valence-corrected chi connectivity index (χ4v) is 0.785. The zero-order chi connectivity index (χ0) is 9.56. The molecule has 0 aromatic rings. The van der Waals surface area contributed by atoms with E-state index in [0.717, 1.165) is 0 Å². The minimum absolute atomic E-state index is 0.260. The van der Waals surface area contributed by atoms with Crippen molar-refractivity contribution in [3.63, 3.8) is 0 Å². The van der Waals surface area contributed by atoms with Crippen LogP contribution in [0.1, 0.15) is 13.8 Å². The van der Waals surface area contributed by atoms with Crippen LogP contribution in [0.3, 0.4) is 0 Å². The van der Waals surface area contributed by atoms with Crippen LogP contribution in [0.2, 0.25) is 0 Å². The molecule has 0 saturated heterocycles. The lowest BCUT2D eigenvalue weighted by atomic mass is 10.1. The first-order chi connectivity index (χ1) is 5.57. The van der Waals surface area contributed by atoms with Crippen molar-refractivity contribution in [3.8, 4) is 0 Å². The molecule has 0 amide bonds. The van der Waals surface area contributed by atoms with Gasteiger partial charge < -0.3 is 10.4 Å². The summed E-state index contributed by atoms with van der Waals surface area (Å²) >= 11 is 10.9. The number of halogens is 2. The molecule has 0 spiro atoms. The van der Waals surface area contributed by atoms with Crippen LogP contribution in [-0.4, -0.2) is 24.3 Å². The standard InChI is InChI=1S/C8H15Cl2NO/c1-6(2)8(12)5-11-4-7(10)3-9/h3,6,8,11-12H,4-5H2,1-2H3. The quantitative estimate of drug-likeness (QED) is 0.729. The number of rotatable bonds is 5. The van der Waals surface area contributed by atoms with Crippen molar-refractivity contribution >= 4 is 23.2 Å². The van der Waals surface area contributed by atoms with Crippen molar-refractivity contribution in [2.45, 2.75) is 20.0 Å². The van der Waals surface area contributed by atoms with Crippen LogP contribution in [0.4, 0.5) is 0 Å². The first-order valence-electron chi connectivity index (χ1n) is 3.91. The number of aliphatic hydroxyl groups excluding tert-OH is 1. The van der Waals surface area contributed by atoms with E-state index < -0.39 is 0 Å². The predicted octanol–water partition coefficient (Wildman–Crippen LogP) is 1.91. The summed E-state index contributed by atoms with van der Waals surface area (Å²) in [6.45, 7) is 4.98. The van der Waals surface area contributed by atoms with Gasteiger partial charge in [-0.25, -0.2) is 0 Å². The minimum atomic E-state index is -0.329. The van der Waals surface area contributed by atoms with Gasteiger partial charge in [-0.2, -0.15) is 0 Å². The van der Waals surface area contributed by atoms with Crippen LogP contribution in [0.5, 0.6) is 0 Å². The molecule has 0 bridgehead atoms. The molecule has 0 aliphatic rings. The lowest BCUT2D eigenvalue weighted by Crippen LogP contribution is -2.31. The normalized spacial score (nSPS) is 15.3. The molecule has 0 rings (SSSR count). The summed E-state index contributed by atoms with van der Waals surface area (Å²) in [5, 5.41) is 12.9. The summed E-state index contributed by atoms with van der Waals surface area (Å²) in [7, 11) is 0. The van der Waals surface area contributed by atoms with E-state index in [4.69, 9.17) is 23.2 Å². The van der Waals surface area contributed by atoms with Gasteiger partial charge in [-0.05, 0) is 5.92 Å². The maximum atomic E-state index is 9.35. The Morgan fingerprint density at radius 3 is 2.58 bits per heavy atom. The monoisotopic (exact) mass is 211 g/mol. The van der Waals surface area contributed by atoms with Crippen LogP contribution in [0, 0.1) is 5.92 Å². The van der Waals surface area contributed by atoms with E-state index in [2.05, 4.69) is 5.32 Å². The van der Waals surface area contributed by atoms with Gasteiger partial charge in [0.2, 0.25) is 0 Å². The molecule has 0 radical (unpaired) electrons. The topological polar surface area (TPSA) is 32.3 Å². The predicted molar refractivity (Wildman–Crippen MR) is 53.5 cm³/mol. The lowest BCUT2D eigenvalue weighted by molar-refractivity contribution is 0.125. The lowest BCUT2D eigenvalue weighted by Gasteiger charge is -2.14. The Balaban J connectivity index is 3.43. The van der Waals surface area contributed by atoms with Gasteiger partial charge in [0, 0.05) is 23.7 Å². The third kappa shape index (κ3) is 5.84. The average molecular weight is 212 g/mol. The average Bonchev–Trinajstić information content (AvgIpc) is 2.03. The molecule has 0 aromatic carbocycles. The minimum Gasteiger partial charge on any atom is -0.392 e. The number of aliphatic hydroxyl groups is 1. The van der Waals surface area contributed by atoms with E-state index in [9.17, 15) is 5.11 Å². The van der Waals surface area contributed by atoms with Gasteiger partial charge in [-0.15, -0.1) is 0 Å². The molecule has 1 atom stereocenters. The molecule has 72 valence electrons. The fraction of sp³-hybridized carbons (Fsp3) is 0.750. The van der Waals surface area contributed by atoms with Crippen molar-refractivity contribution in [3.05, 3.63) is 10.6 Å². The highest BCUT2D eigenvalue weighted by Crippen LogP contribution is 2.02. The van der Waals surface area contributed by atoms with Gasteiger partial charge in [-0.3, -0.25) is 0 Å². The van der Waals surface area contributed by atoms with Crippen molar-refractivity contribution < 1.29 is 5.11 Å². The smallest absolute Gasteiger partial charge is 0.0687 e. The first kappa shape index (κ1) is 12.2. The highest BCUT2D eigenvalue weighted by atomic mass is 35.5.